The number of aromatic hydroxyl groups is 1. The SMILES string of the molecule is COc1cc2c(Oc3ccc(N)cc3)ccnc2cc1O. The minimum atomic E-state index is 0.0436. The van der Waals surface area contributed by atoms with E-state index < -0.39 is 0 Å². The molecule has 0 saturated heterocycles. The maximum Gasteiger partial charge on any atom is 0.161 e. The topological polar surface area (TPSA) is 77.6 Å². The highest BCUT2D eigenvalue weighted by Gasteiger charge is 2.10. The Morgan fingerprint density at radius 3 is 2.52 bits per heavy atom. The van der Waals surface area contributed by atoms with Gasteiger partial charge in [-0.3, -0.25) is 4.98 Å². The number of hydrogen-bond donors (Lipinski definition) is 2. The summed E-state index contributed by atoms with van der Waals surface area (Å²) in [7, 11) is 1.50. The summed E-state index contributed by atoms with van der Waals surface area (Å²) in [6.07, 6.45) is 1.63. The molecule has 2 aromatic carbocycles. The van der Waals surface area contributed by atoms with Crippen molar-refractivity contribution in [3.05, 3.63) is 48.7 Å². The van der Waals surface area contributed by atoms with Gasteiger partial charge in [0.1, 0.15) is 11.5 Å². The van der Waals surface area contributed by atoms with Gasteiger partial charge in [-0.2, -0.15) is 0 Å². The molecule has 0 fully saturated rings. The van der Waals surface area contributed by atoms with Crippen molar-refractivity contribution in [2.45, 2.75) is 0 Å². The number of aromatic nitrogens is 1. The van der Waals surface area contributed by atoms with Crippen LogP contribution in [-0.4, -0.2) is 17.2 Å². The van der Waals surface area contributed by atoms with Gasteiger partial charge in [-0.05, 0) is 36.4 Å². The average Bonchev–Trinajstić information content (AvgIpc) is 2.49. The third-order valence-electron chi connectivity index (χ3n) is 3.11. The lowest BCUT2D eigenvalue weighted by molar-refractivity contribution is 0.374. The van der Waals surface area contributed by atoms with E-state index in [1.807, 2.05) is 0 Å². The van der Waals surface area contributed by atoms with Crippen molar-refractivity contribution in [1.82, 2.24) is 4.98 Å². The zero-order chi connectivity index (χ0) is 14.8. The summed E-state index contributed by atoms with van der Waals surface area (Å²) in [4.78, 5) is 4.22. The number of phenols is 1. The number of pyridine rings is 1. The number of methoxy groups -OCH3 is 1. The Balaban J connectivity index is 2.07. The van der Waals surface area contributed by atoms with Gasteiger partial charge < -0.3 is 20.3 Å². The first kappa shape index (κ1) is 13.1. The molecule has 1 heterocycles. The van der Waals surface area contributed by atoms with E-state index in [1.165, 1.54) is 7.11 Å². The van der Waals surface area contributed by atoms with Crippen LogP contribution in [0.4, 0.5) is 5.69 Å². The van der Waals surface area contributed by atoms with Crippen LogP contribution in [0.3, 0.4) is 0 Å². The van der Waals surface area contributed by atoms with E-state index in [2.05, 4.69) is 4.98 Å². The van der Waals surface area contributed by atoms with Crippen molar-refractivity contribution in [1.29, 1.82) is 0 Å². The lowest BCUT2D eigenvalue weighted by Crippen LogP contribution is -1.90. The minimum absolute atomic E-state index is 0.0436. The summed E-state index contributed by atoms with van der Waals surface area (Å²) in [6, 6.07) is 12.1. The molecule has 3 aromatic rings. The quantitative estimate of drug-likeness (QED) is 0.720. The number of fused-ring (bicyclic) bond motifs is 1. The molecule has 0 radical (unpaired) electrons. The molecule has 0 spiro atoms. The van der Waals surface area contributed by atoms with Gasteiger partial charge in [0, 0.05) is 23.3 Å². The first-order chi connectivity index (χ1) is 10.2. The van der Waals surface area contributed by atoms with Crippen molar-refractivity contribution < 1.29 is 14.6 Å². The Bertz CT molecular complexity index is 785. The molecule has 0 aliphatic heterocycles. The molecule has 0 bridgehead atoms. The molecule has 3 N–H and O–H groups in total. The smallest absolute Gasteiger partial charge is 0.161 e. The number of rotatable bonds is 3. The molecular weight excluding hydrogens is 268 g/mol. The molecule has 0 saturated carbocycles. The van der Waals surface area contributed by atoms with Gasteiger partial charge >= 0.3 is 0 Å². The zero-order valence-corrected chi connectivity index (χ0v) is 11.4. The van der Waals surface area contributed by atoms with Crippen LogP contribution in [0.5, 0.6) is 23.0 Å². The number of benzene rings is 2. The van der Waals surface area contributed by atoms with Gasteiger partial charge in [0.25, 0.3) is 0 Å². The van der Waals surface area contributed by atoms with Gasteiger partial charge in [-0.25, -0.2) is 0 Å². The lowest BCUT2D eigenvalue weighted by atomic mass is 10.2. The number of nitrogens with zero attached hydrogens (tertiary/aromatic N) is 1. The molecule has 5 heteroatoms. The first-order valence-electron chi connectivity index (χ1n) is 6.36. The van der Waals surface area contributed by atoms with Crippen LogP contribution in [0.1, 0.15) is 0 Å². The molecule has 1 aromatic heterocycles. The van der Waals surface area contributed by atoms with Crippen molar-refractivity contribution in [2.24, 2.45) is 0 Å². The third kappa shape index (κ3) is 2.53. The summed E-state index contributed by atoms with van der Waals surface area (Å²) in [5, 5.41) is 10.6. The molecule has 3 rings (SSSR count). The zero-order valence-electron chi connectivity index (χ0n) is 11.4. The van der Waals surface area contributed by atoms with Crippen LogP contribution in [0.25, 0.3) is 10.9 Å². The summed E-state index contributed by atoms with van der Waals surface area (Å²) in [5.41, 5.74) is 6.96. The highest BCUT2D eigenvalue weighted by atomic mass is 16.5. The number of hydrogen-bond acceptors (Lipinski definition) is 5. The van der Waals surface area contributed by atoms with E-state index in [0.29, 0.717) is 28.5 Å². The van der Waals surface area contributed by atoms with Gasteiger partial charge in [0.05, 0.1) is 12.6 Å². The van der Waals surface area contributed by atoms with Crippen molar-refractivity contribution in [3.63, 3.8) is 0 Å². The Morgan fingerprint density at radius 2 is 1.81 bits per heavy atom. The molecule has 0 unspecified atom stereocenters. The van der Waals surface area contributed by atoms with Crippen LogP contribution >= 0.6 is 0 Å². The Morgan fingerprint density at radius 1 is 1.05 bits per heavy atom. The Labute approximate surface area is 121 Å². The third-order valence-corrected chi connectivity index (χ3v) is 3.11. The fourth-order valence-corrected chi connectivity index (χ4v) is 2.05. The number of anilines is 1. The van der Waals surface area contributed by atoms with Crippen molar-refractivity contribution in [3.8, 4) is 23.0 Å². The fourth-order valence-electron chi connectivity index (χ4n) is 2.05. The van der Waals surface area contributed by atoms with E-state index in [4.69, 9.17) is 15.2 Å². The van der Waals surface area contributed by atoms with Gasteiger partial charge in [0.15, 0.2) is 11.5 Å². The first-order valence-corrected chi connectivity index (χ1v) is 6.36. The number of nitrogens with two attached hydrogens (primary N) is 1. The van der Waals surface area contributed by atoms with Crippen LogP contribution in [-0.2, 0) is 0 Å². The summed E-state index contributed by atoms with van der Waals surface area (Å²) in [6.45, 7) is 0. The number of ether oxygens (including phenoxy) is 2. The summed E-state index contributed by atoms with van der Waals surface area (Å²) >= 11 is 0. The van der Waals surface area contributed by atoms with Gasteiger partial charge in [-0.15, -0.1) is 0 Å². The van der Waals surface area contributed by atoms with Crippen LogP contribution in [0, 0.1) is 0 Å². The van der Waals surface area contributed by atoms with E-state index in [0.717, 1.165) is 5.39 Å². The van der Waals surface area contributed by atoms with E-state index in [1.54, 1.807) is 48.7 Å². The highest BCUT2D eigenvalue weighted by molar-refractivity contribution is 5.88. The second-order valence-corrected chi connectivity index (χ2v) is 4.52. The standard InChI is InChI=1S/C16H14N2O3/c1-20-16-8-12-13(9-14(16)19)18-7-6-15(12)21-11-4-2-10(17)3-5-11/h2-9,19H,17H2,1H3. The Kier molecular flexibility index (Phi) is 3.23. The molecule has 0 amide bonds. The molecule has 5 nitrogen and oxygen atoms in total. The lowest BCUT2D eigenvalue weighted by Gasteiger charge is -2.10. The van der Waals surface area contributed by atoms with Crippen molar-refractivity contribution >= 4 is 16.6 Å². The van der Waals surface area contributed by atoms with Crippen molar-refractivity contribution in [2.75, 3.05) is 12.8 Å². The summed E-state index contributed by atoms with van der Waals surface area (Å²) < 4.78 is 11.0. The molecule has 0 aliphatic carbocycles. The predicted molar refractivity (Wildman–Crippen MR) is 80.9 cm³/mol. The van der Waals surface area contributed by atoms with Crippen LogP contribution in [0.2, 0.25) is 0 Å². The molecule has 0 atom stereocenters. The van der Waals surface area contributed by atoms with Crippen LogP contribution in [0.15, 0.2) is 48.7 Å². The number of nitrogen functional groups attached to an aromatic ring is 1. The second kappa shape index (κ2) is 5.20. The highest BCUT2D eigenvalue weighted by Crippen LogP contribution is 2.36. The van der Waals surface area contributed by atoms with Gasteiger partial charge in [0.2, 0.25) is 0 Å². The minimum Gasteiger partial charge on any atom is -0.504 e. The van der Waals surface area contributed by atoms with E-state index in [9.17, 15) is 5.11 Å². The Hall–Kier alpha value is -2.95. The fraction of sp³-hybridized carbons (Fsp3) is 0.0625. The average molecular weight is 282 g/mol. The monoisotopic (exact) mass is 282 g/mol. The van der Waals surface area contributed by atoms with Gasteiger partial charge in [-0.1, -0.05) is 0 Å². The molecule has 106 valence electrons. The molecular formula is C16H14N2O3. The summed E-state index contributed by atoms with van der Waals surface area (Å²) in [5.74, 6) is 1.71. The maximum absolute atomic E-state index is 9.80. The molecule has 0 aliphatic rings. The maximum atomic E-state index is 9.80. The van der Waals surface area contributed by atoms with Crippen LogP contribution < -0.4 is 15.2 Å². The second-order valence-electron chi connectivity index (χ2n) is 4.52. The van der Waals surface area contributed by atoms with E-state index >= 15 is 0 Å². The largest absolute Gasteiger partial charge is 0.504 e. The predicted octanol–water partition coefficient (Wildman–Crippen LogP) is 3.32. The number of phenolic OH excluding ortho intramolecular Hbond substituents is 1. The van der Waals surface area contributed by atoms with E-state index in [-0.39, 0.29) is 5.75 Å². The molecule has 21 heavy (non-hydrogen) atoms. The normalized spacial score (nSPS) is 10.5.